The van der Waals surface area contributed by atoms with Gasteiger partial charge in [-0.25, -0.2) is 9.97 Å². The molecule has 1 amide bonds. The third kappa shape index (κ3) is 3.66. The Labute approximate surface area is 193 Å². The summed E-state index contributed by atoms with van der Waals surface area (Å²) < 4.78 is 1.93. The van der Waals surface area contributed by atoms with Gasteiger partial charge in [0, 0.05) is 24.7 Å². The van der Waals surface area contributed by atoms with Crippen molar-refractivity contribution in [2.75, 3.05) is 16.3 Å². The third-order valence-corrected chi connectivity index (χ3v) is 6.56. The van der Waals surface area contributed by atoms with Crippen molar-refractivity contribution in [3.63, 3.8) is 0 Å². The maximum Gasteiger partial charge on any atom is 0.260 e. The van der Waals surface area contributed by atoms with E-state index in [0.29, 0.717) is 35.5 Å². The number of nitrogens with two attached hydrogens (primary N) is 1. The molecule has 0 bridgehead atoms. The molecule has 0 spiro atoms. The second-order valence-corrected chi connectivity index (χ2v) is 9.47. The average molecular weight is 447 g/mol. The summed E-state index contributed by atoms with van der Waals surface area (Å²) in [7, 11) is 0. The Morgan fingerprint density at radius 3 is 2.73 bits per heavy atom. The van der Waals surface area contributed by atoms with E-state index in [2.05, 4.69) is 22.0 Å². The molecule has 5 rings (SSSR count). The summed E-state index contributed by atoms with van der Waals surface area (Å²) in [6.07, 6.45) is 3.93. The number of nitrogens with zero attached hydrogens (tertiary/aromatic N) is 7. The quantitative estimate of drug-likeness (QED) is 0.642. The fraction of sp³-hybridized carbons (Fsp3) is 0.458. The van der Waals surface area contributed by atoms with Crippen molar-refractivity contribution < 1.29 is 4.79 Å². The number of fused-ring (bicyclic) bond motifs is 1. The first-order chi connectivity index (χ1) is 15.8. The molecule has 9 nitrogen and oxygen atoms in total. The van der Waals surface area contributed by atoms with E-state index in [1.54, 1.807) is 11.2 Å². The van der Waals surface area contributed by atoms with Crippen LogP contribution in [0, 0.1) is 0 Å². The number of aryl methyl sites for hydroxylation is 1. The Morgan fingerprint density at radius 1 is 1.21 bits per heavy atom. The van der Waals surface area contributed by atoms with Crippen LogP contribution in [0.5, 0.6) is 0 Å². The molecule has 3 aromatic heterocycles. The lowest BCUT2D eigenvalue weighted by Crippen LogP contribution is -2.34. The molecule has 0 aliphatic carbocycles. The maximum absolute atomic E-state index is 13.6. The van der Waals surface area contributed by atoms with Gasteiger partial charge in [0.25, 0.3) is 5.91 Å². The highest BCUT2D eigenvalue weighted by Crippen LogP contribution is 2.36. The van der Waals surface area contributed by atoms with E-state index in [1.807, 2.05) is 49.6 Å². The largest absolute Gasteiger partial charge is 0.354 e. The highest BCUT2D eigenvalue weighted by atomic mass is 16.2. The van der Waals surface area contributed by atoms with Crippen molar-refractivity contribution in [3.8, 4) is 11.5 Å². The molecule has 3 aromatic rings. The van der Waals surface area contributed by atoms with Crippen molar-refractivity contribution >= 4 is 17.5 Å². The molecule has 172 valence electrons. The zero-order valence-corrected chi connectivity index (χ0v) is 19.6. The zero-order chi connectivity index (χ0) is 23.3. The molecule has 2 aliphatic heterocycles. The van der Waals surface area contributed by atoms with Crippen molar-refractivity contribution in [2.24, 2.45) is 5.73 Å². The van der Waals surface area contributed by atoms with Crippen molar-refractivity contribution in [1.29, 1.82) is 0 Å². The smallest absolute Gasteiger partial charge is 0.260 e. The molecule has 1 saturated heterocycles. The Hall–Kier alpha value is -3.33. The number of hydrogen-bond acceptors (Lipinski definition) is 7. The Kier molecular flexibility index (Phi) is 5.16. The lowest BCUT2D eigenvalue weighted by atomic mass is 9.94. The van der Waals surface area contributed by atoms with E-state index in [9.17, 15) is 4.79 Å². The molecular formula is C24H30N8O. The fourth-order valence-electron chi connectivity index (χ4n) is 4.81. The van der Waals surface area contributed by atoms with Gasteiger partial charge in [-0.05, 0) is 58.7 Å². The van der Waals surface area contributed by atoms with E-state index in [4.69, 9.17) is 15.7 Å². The first kappa shape index (κ1) is 21.5. The van der Waals surface area contributed by atoms with Gasteiger partial charge in [0.15, 0.2) is 5.82 Å². The van der Waals surface area contributed by atoms with Gasteiger partial charge in [0.1, 0.15) is 23.7 Å². The van der Waals surface area contributed by atoms with E-state index >= 15 is 0 Å². The van der Waals surface area contributed by atoms with Crippen LogP contribution in [0.3, 0.4) is 0 Å². The minimum Gasteiger partial charge on any atom is -0.354 e. The van der Waals surface area contributed by atoms with Crippen LogP contribution in [0.1, 0.15) is 62.2 Å². The lowest BCUT2D eigenvalue weighted by Gasteiger charge is -2.27. The number of carbonyl (C=O) groups is 1. The van der Waals surface area contributed by atoms with E-state index in [1.165, 1.54) is 0 Å². The van der Waals surface area contributed by atoms with Gasteiger partial charge in [-0.3, -0.25) is 9.69 Å². The van der Waals surface area contributed by atoms with Gasteiger partial charge in [0.2, 0.25) is 0 Å². The SMILES string of the molecule is CCn1cnnc1-c1cccc(N2Cc3c(cc(N4CCC[C@H]4C)nc3C(C)(C)N)C2=O)n1. The van der Waals surface area contributed by atoms with Gasteiger partial charge < -0.3 is 15.2 Å². The number of anilines is 2. The first-order valence-electron chi connectivity index (χ1n) is 11.5. The standard InChI is InChI=1S/C24H30N8O/c1-5-30-14-26-29-22(30)18-9-6-10-19(27-18)32-13-17-16(23(32)33)12-20(28-21(17)24(3,4)25)31-11-7-8-15(31)2/h6,9-10,12,14-15H,5,7-8,11,13,25H2,1-4H3/t15-/m1/s1. The summed E-state index contributed by atoms with van der Waals surface area (Å²) >= 11 is 0. The molecule has 0 saturated carbocycles. The van der Waals surface area contributed by atoms with Crippen molar-refractivity contribution in [3.05, 3.63) is 47.4 Å². The van der Waals surface area contributed by atoms with Gasteiger partial charge in [0.05, 0.1) is 23.3 Å². The Balaban J connectivity index is 1.56. The summed E-state index contributed by atoms with van der Waals surface area (Å²) in [5.41, 5.74) is 8.86. The van der Waals surface area contributed by atoms with Crippen LogP contribution < -0.4 is 15.5 Å². The molecule has 9 heteroatoms. The van der Waals surface area contributed by atoms with Crippen LogP contribution >= 0.6 is 0 Å². The van der Waals surface area contributed by atoms with E-state index < -0.39 is 5.54 Å². The Morgan fingerprint density at radius 2 is 2.03 bits per heavy atom. The van der Waals surface area contributed by atoms with Gasteiger partial charge in [-0.2, -0.15) is 0 Å². The predicted octanol–water partition coefficient (Wildman–Crippen LogP) is 3.10. The van der Waals surface area contributed by atoms with E-state index in [-0.39, 0.29) is 5.91 Å². The third-order valence-electron chi connectivity index (χ3n) is 6.56. The minimum absolute atomic E-state index is 0.0763. The summed E-state index contributed by atoms with van der Waals surface area (Å²) in [5.74, 6) is 2.02. The highest BCUT2D eigenvalue weighted by molar-refractivity contribution is 6.10. The number of aromatic nitrogens is 5. The summed E-state index contributed by atoms with van der Waals surface area (Å²) in [5, 5.41) is 8.21. The second kappa shape index (κ2) is 7.91. The topological polar surface area (TPSA) is 106 Å². The minimum atomic E-state index is -0.674. The van der Waals surface area contributed by atoms with Crippen LogP contribution in [0.15, 0.2) is 30.6 Å². The number of rotatable bonds is 5. The van der Waals surface area contributed by atoms with Crippen LogP contribution in [0.25, 0.3) is 11.5 Å². The highest BCUT2D eigenvalue weighted by Gasteiger charge is 2.37. The molecule has 2 N–H and O–H groups in total. The molecule has 0 aromatic carbocycles. The van der Waals surface area contributed by atoms with Crippen LogP contribution in [0.4, 0.5) is 11.6 Å². The van der Waals surface area contributed by atoms with E-state index in [0.717, 1.165) is 43.0 Å². The van der Waals surface area contributed by atoms with Gasteiger partial charge in [-0.1, -0.05) is 6.07 Å². The molecule has 1 atom stereocenters. The van der Waals surface area contributed by atoms with Crippen LogP contribution in [-0.2, 0) is 18.6 Å². The molecule has 5 heterocycles. The summed E-state index contributed by atoms with van der Waals surface area (Å²) in [6, 6.07) is 7.96. The Bertz CT molecular complexity index is 1210. The number of carbonyl (C=O) groups excluding carboxylic acids is 1. The van der Waals surface area contributed by atoms with Gasteiger partial charge in [-0.15, -0.1) is 10.2 Å². The zero-order valence-electron chi connectivity index (χ0n) is 19.6. The lowest BCUT2D eigenvalue weighted by molar-refractivity contribution is 0.0996. The first-order valence-corrected chi connectivity index (χ1v) is 11.5. The average Bonchev–Trinajstić information content (AvgIpc) is 3.51. The fourth-order valence-corrected chi connectivity index (χ4v) is 4.81. The number of amides is 1. The van der Waals surface area contributed by atoms with Crippen LogP contribution in [0.2, 0.25) is 0 Å². The normalized spacial score (nSPS) is 18.3. The molecule has 0 unspecified atom stereocenters. The van der Waals surface area contributed by atoms with Crippen LogP contribution in [-0.4, -0.2) is 43.2 Å². The monoisotopic (exact) mass is 446 g/mol. The van der Waals surface area contributed by atoms with Crippen molar-refractivity contribution in [2.45, 2.75) is 65.2 Å². The molecule has 33 heavy (non-hydrogen) atoms. The number of pyridine rings is 2. The predicted molar refractivity (Wildman–Crippen MR) is 127 cm³/mol. The molecule has 0 radical (unpaired) electrons. The summed E-state index contributed by atoms with van der Waals surface area (Å²) in [4.78, 5) is 27.3. The molecular weight excluding hydrogens is 416 g/mol. The van der Waals surface area contributed by atoms with Gasteiger partial charge >= 0.3 is 0 Å². The molecule has 2 aliphatic rings. The van der Waals surface area contributed by atoms with Crippen molar-refractivity contribution in [1.82, 2.24) is 24.7 Å². The molecule has 1 fully saturated rings. The number of hydrogen-bond donors (Lipinski definition) is 1. The summed E-state index contributed by atoms with van der Waals surface area (Å²) in [6.45, 7) is 10.2. The maximum atomic E-state index is 13.6. The second-order valence-electron chi connectivity index (χ2n) is 9.47.